The van der Waals surface area contributed by atoms with E-state index in [1.807, 2.05) is 0 Å². The lowest BCUT2D eigenvalue weighted by atomic mass is 10.1. The lowest BCUT2D eigenvalue weighted by molar-refractivity contribution is -0.115. The number of methoxy groups -OCH3 is 1. The van der Waals surface area contributed by atoms with Crippen LogP contribution in [0.25, 0.3) is 0 Å². The molecule has 2 aromatic carbocycles. The van der Waals surface area contributed by atoms with Crippen molar-refractivity contribution >= 4 is 17.5 Å². The van der Waals surface area contributed by atoms with Crippen molar-refractivity contribution in [2.75, 3.05) is 12.4 Å². The van der Waals surface area contributed by atoms with Crippen molar-refractivity contribution in [3.8, 4) is 5.75 Å². The number of anilines is 1. The highest BCUT2D eigenvalue weighted by Gasteiger charge is 2.12. The van der Waals surface area contributed by atoms with E-state index in [9.17, 15) is 14.0 Å². The van der Waals surface area contributed by atoms with Gasteiger partial charge >= 0.3 is 0 Å². The van der Waals surface area contributed by atoms with Gasteiger partial charge in [-0.3, -0.25) is 9.59 Å². The van der Waals surface area contributed by atoms with Gasteiger partial charge in [-0.2, -0.15) is 0 Å². The highest BCUT2D eigenvalue weighted by atomic mass is 19.1. The zero-order valence-corrected chi connectivity index (χ0v) is 12.9. The average Bonchev–Trinajstić information content (AvgIpc) is 2.49. The van der Waals surface area contributed by atoms with Gasteiger partial charge in [0.15, 0.2) is 11.6 Å². The van der Waals surface area contributed by atoms with Crippen LogP contribution in [0.4, 0.5) is 10.1 Å². The van der Waals surface area contributed by atoms with Crippen molar-refractivity contribution in [2.45, 2.75) is 13.3 Å². The van der Waals surface area contributed by atoms with Gasteiger partial charge in [-0.1, -0.05) is 12.1 Å². The molecule has 3 N–H and O–H groups in total. The maximum Gasteiger partial charge on any atom is 0.249 e. The van der Waals surface area contributed by atoms with Crippen LogP contribution >= 0.6 is 0 Å². The van der Waals surface area contributed by atoms with E-state index in [4.69, 9.17) is 10.5 Å². The monoisotopic (exact) mass is 316 g/mol. The summed E-state index contributed by atoms with van der Waals surface area (Å²) in [5.41, 5.74) is 7.23. The molecule has 6 heteroatoms. The molecule has 120 valence electrons. The molecule has 0 heterocycles. The van der Waals surface area contributed by atoms with E-state index >= 15 is 0 Å². The fourth-order valence-electron chi connectivity index (χ4n) is 2.24. The Labute approximate surface area is 133 Å². The first kappa shape index (κ1) is 16.5. The Morgan fingerprint density at radius 2 is 2.00 bits per heavy atom. The highest BCUT2D eigenvalue weighted by Crippen LogP contribution is 2.20. The van der Waals surface area contributed by atoms with Gasteiger partial charge in [0.2, 0.25) is 11.8 Å². The SMILES string of the molecule is COc1ccc(CC(=O)Nc2cccc(C(N)=O)c2C)cc1F. The Kier molecular flexibility index (Phi) is 4.95. The zero-order valence-electron chi connectivity index (χ0n) is 12.9. The summed E-state index contributed by atoms with van der Waals surface area (Å²) in [5, 5.41) is 2.70. The smallest absolute Gasteiger partial charge is 0.249 e. The summed E-state index contributed by atoms with van der Waals surface area (Å²) in [6.07, 6.45) is 0.00114. The molecule has 0 bridgehead atoms. The number of nitrogens with one attached hydrogen (secondary N) is 1. The third kappa shape index (κ3) is 3.85. The molecule has 5 nitrogen and oxygen atoms in total. The maximum absolute atomic E-state index is 13.6. The topological polar surface area (TPSA) is 81.4 Å². The van der Waals surface area contributed by atoms with Crippen LogP contribution in [-0.2, 0) is 11.2 Å². The second-order valence-electron chi connectivity index (χ2n) is 5.04. The summed E-state index contributed by atoms with van der Waals surface area (Å²) >= 11 is 0. The van der Waals surface area contributed by atoms with Crippen LogP contribution < -0.4 is 15.8 Å². The molecule has 0 radical (unpaired) electrons. The van der Waals surface area contributed by atoms with Gasteiger partial charge in [0.05, 0.1) is 13.5 Å². The molecule has 0 atom stereocenters. The minimum atomic E-state index is -0.559. The normalized spacial score (nSPS) is 10.2. The van der Waals surface area contributed by atoms with Crippen LogP contribution in [0.15, 0.2) is 36.4 Å². The number of rotatable bonds is 5. The third-order valence-corrected chi connectivity index (χ3v) is 3.45. The minimum absolute atomic E-state index is 0.00114. The number of ether oxygens (including phenoxy) is 1. The van der Waals surface area contributed by atoms with Crippen LogP contribution in [0.2, 0.25) is 0 Å². The van der Waals surface area contributed by atoms with Gasteiger partial charge in [0.25, 0.3) is 0 Å². The largest absolute Gasteiger partial charge is 0.494 e. The number of hydrogen-bond acceptors (Lipinski definition) is 3. The molecule has 0 fully saturated rings. The summed E-state index contributed by atoms with van der Waals surface area (Å²) < 4.78 is 18.5. The van der Waals surface area contributed by atoms with Gasteiger partial charge in [-0.05, 0) is 42.3 Å². The predicted octanol–water partition coefficient (Wildman–Crippen LogP) is 2.42. The van der Waals surface area contributed by atoms with Crippen molar-refractivity contribution in [1.82, 2.24) is 0 Å². The molecule has 0 saturated heterocycles. The fraction of sp³-hybridized carbons (Fsp3) is 0.176. The molecule has 0 aromatic heterocycles. The molecule has 23 heavy (non-hydrogen) atoms. The lowest BCUT2D eigenvalue weighted by Gasteiger charge is -2.11. The van der Waals surface area contributed by atoms with E-state index in [-0.39, 0.29) is 18.1 Å². The number of benzene rings is 2. The molecular formula is C17H17FN2O3. The second-order valence-corrected chi connectivity index (χ2v) is 5.04. The summed E-state index contributed by atoms with van der Waals surface area (Å²) in [6, 6.07) is 9.24. The van der Waals surface area contributed by atoms with Gasteiger partial charge in [0, 0.05) is 11.3 Å². The Balaban J connectivity index is 2.13. The molecule has 0 aliphatic carbocycles. The van der Waals surface area contributed by atoms with Crippen molar-refractivity contribution in [2.24, 2.45) is 5.73 Å². The standard InChI is InChI=1S/C17H17FN2O3/c1-10-12(17(19)22)4-3-5-14(10)20-16(21)9-11-6-7-15(23-2)13(18)8-11/h3-8H,9H2,1-2H3,(H2,19,22)(H,20,21). The van der Waals surface area contributed by atoms with E-state index in [1.54, 1.807) is 31.2 Å². The van der Waals surface area contributed by atoms with Crippen molar-refractivity contribution in [3.63, 3.8) is 0 Å². The first-order chi connectivity index (χ1) is 10.9. The van der Waals surface area contributed by atoms with Crippen molar-refractivity contribution in [3.05, 3.63) is 58.9 Å². The van der Waals surface area contributed by atoms with Crippen LogP contribution in [0, 0.1) is 12.7 Å². The third-order valence-electron chi connectivity index (χ3n) is 3.45. The molecule has 2 amide bonds. The van der Waals surface area contributed by atoms with E-state index in [0.717, 1.165) is 0 Å². The van der Waals surface area contributed by atoms with E-state index in [0.29, 0.717) is 22.4 Å². The number of carbonyl (C=O) groups is 2. The van der Waals surface area contributed by atoms with E-state index in [2.05, 4.69) is 5.32 Å². The fourth-order valence-corrected chi connectivity index (χ4v) is 2.24. The maximum atomic E-state index is 13.6. The molecule has 0 spiro atoms. The second kappa shape index (κ2) is 6.91. The molecule has 0 aliphatic heterocycles. The molecule has 0 saturated carbocycles. The first-order valence-electron chi connectivity index (χ1n) is 6.94. The zero-order chi connectivity index (χ0) is 17.0. The highest BCUT2D eigenvalue weighted by molar-refractivity contribution is 5.98. The van der Waals surface area contributed by atoms with Crippen molar-refractivity contribution < 1.29 is 18.7 Å². The average molecular weight is 316 g/mol. The van der Waals surface area contributed by atoms with Gasteiger partial charge < -0.3 is 15.8 Å². The van der Waals surface area contributed by atoms with Gasteiger partial charge in [-0.25, -0.2) is 4.39 Å². The lowest BCUT2D eigenvalue weighted by Crippen LogP contribution is -2.18. The molecular weight excluding hydrogens is 299 g/mol. The van der Waals surface area contributed by atoms with Gasteiger partial charge in [0.1, 0.15) is 0 Å². The van der Waals surface area contributed by atoms with Crippen molar-refractivity contribution in [1.29, 1.82) is 0 Å². The predicted molar refractivity (Wildman–Crippen MR) is 85.0 cm³/mol. The van der Waals surface area contributed by atoms with Crippen LogP contribution in [0.5, 0.6) is 5.75 Å². The van der Waals surface area contributed by atoms with Crippen LogP contribution in [-0.4, -0.2) is 18.9 Å². The molecule has 0 unspecified atom stereocenters. The quantitative estimate of drug-likeness (QED) is 0.889. The summed E-state index contributed by atoms with van der Waals surface area (Å²) in [7, 11) is 1.37. The summed E-state index contributed by atoms with van der Waals surface area (Å²) in [5.74, 6) is -1.28. The minimum Gasteiger partial charge on any atom is -0.494 e. The molecule has 0 aliphatic rings. The Morgan fingerprint density at radius 1 is 1.26 bits per heavy atom. The summed E-state index contributed by atoms with van der Waals surface area (Å²) in [4.78, 5) is 23.4. The Hall–Kier alpha value is -2.89. The molecule has 2 rings (SSSR count). The number of amides is 2. The van der Waals surface area contributed by atoms with Crippen LogP contribution in [0.3, 0.4) is 0 Å². The number of nitrogens with two attached hydrogens (primary N) is 1. The Morgan fingerprint density at radius 3 is 2.61 bits per heavy atom. The number of hydrogen-bond donors (Lipinski definition) is 2. The first-order valence-corrected chi connectivity index (χ1v) is 6.94. The van der Waals surface area contributed by atoms with Crippen LogP contribution in [0.1, 0.15) is 21.5 Å². The number of carbonyl (C=O) groups excluding carboxylic acids is 2. The molecule has 2 aromatic rings. The number of primary amides is 1. The Bertz CT molecular complexity index is 759. The van der Waals surface area contributed by atoms with E-state index < -0.39 is 11.7 Å². The van der Waals surface area contributed by atoms with E-state index in [1.165, 1.54) is 19.2 Å². The summed E-state index contributed by atoms with van der Waals surface area (Å²) in [6.45, 7) is 1.70. The number of halogens is 1. The van der Waals surface area contributed by atoms with Gasteiger partial charge in [-0.15, -0.1) is 0 Å².